The molecule has 0 aliphatic heterocycles. The van der Waals surface area contributed by atoms with E-state index in [1.54, 1.807) is 0 Å². The van der Waals surface area contributed by atoms with Crippen LogP contribution in [-0.2, 0) is 29.2 Å². The minimum Gasteiger partial charge on any atom is -0.466 e. The fourth-order valence-corrected chi connectivity index (χ4v) is 3.75. The van der Waals surface area contributed by atoms with E-state index in [4.69, 9.17) is 9.47 Å². The molecule has 0 bridgehead atoms. The summed E-state index contributed by atoms with van der Waals surface area (Å²) in [5.41, 5.74) is 0. The summed E-state index contributed by atoms with van der Waals surface area (Å²) in [4.78, 5) is 23.9. The van der Waals surface area contributed by atoms with E-state index >= 15 is 0 Å². The minimum absolute atomic E-state index is 0.0751. The highest BCUT2D eigenvalue weighted by Crippen LogP contribution is 2.12. The molecule has 8 heteroatoms. The van der Waals surface area contributed by atoms with E-state index in [-0.39, 0.29) is 13.2 Å². The number of carbonyl (C=O) groups excluding carboxylic acids is 2. The van der Waals surface area contributed by atoms with E-state index in [1.807, 2.05) is 0 Å². The first kappa shape index (κ1) is 28.9. The Kier molecular flexibility index (Phi) is 17.9. The van der Waals surface area contributed by atoms with Crippen molar-refractivity contribution in [1.29, 1.82) is 0 Å². The lowest BCUT2D eigenvalue weighted by Crippen LogP contribution is -2.34. The van der Waals surface area contributed by atoms with Gasteiger partial charge in [-0.05, 0) is 12.8 Å². The molecule has 1 atom stereocenters. The van der Waals surface area contributed by atoms with Crippen molar-refractivity contribution in [1.82, 2.24) is 0 Å². The predicted octanol–water partition coefficient (Wildman–Crippen LogP) is 5.22. The second-order valence-corrected chi connectivity index (χ2v) is 9.44. The Morgan fingerprint density at radius 2 is 1.10 bits per heavy atom. The van der Waals surface area contributed by atoms with Gasteiger partial charge in [-0.2, -0.15) is 8.42 Å². The molecule has 30 heavy (non-hydrogen) atoms. The van der Waals surface area contributed by atoms with Gasteiger partial charge in [0.15, 0.2) is 5.25 Å². The van der Waals surface area contributed by atoms with Crippen LogP contribution in [0.5, 0.6) is 0 Å². The predicted molar refractivity (Wildman–Crippen MR) is 118 cm³/mol. The van der Waals surface area contributed by atoms with Gasteiger partial charge in [-0.25, -0.2) is 0 Å². The van der Waals surface area contributed by atoms with Gasteiger partial charge in [0.05, 0.1) is 19.6 Å². The van der Waals surface area contributed by atoms with Crippen LogP contribution in [0.2, 0.25) is 0 Å². The molecule has 0 heterocycles. The first-order chi connectivity index (χ1) is 14.3. The fraction of sp³-hybridized carbons (Fsp3) is 0.909. The van der Waals surface area contributed by atoms with Gasteiger partial charge in [-0.3, -0.25) is 14.1 Å². The van der Waals surface area contributed by atoms with E-state index in [2.05, 4.69) is 13.8 Å². The van der Waals surface area contributed by atoms with Crippen LogP contribution in [0.25, 0.3) is 0 Å². The second-order valence-electron chi connectivity index (χ2n) is 7.84. The van der Waals surface area contributed by atoms with Crippen LogP contribution in [0.3, 0.4) is 0 Å². The Labute approximate surface area is 183 Å². The SMILES string of the molecule is CCCCCCCCCOC(=O)CC(C(=O)OCCCCCCCCC)S(=O)(=O)O. The normalized spacial score (nSPS) is 12.5. The van der Waals surface area contributed by atoms with E-state index < -0.39 is 33.7 Å². The smallest absolute Gasteiger partial charge is 0.327 e. The molecule has 0 aromatic rings. The van der Waals surface area contributed by atoms with Crippen LogP contribution in [-0.4, -0.2) is 43.4 Å². The summed E-state index contributed by atoms with van der Waals surface area (Å²) in [7, 11) is -4.74. The summed E-state index contributed by atoms with van der Waals surface area (Å²) in [6, 6.07) is 0. The maximum Gasteiger partial charge on any atom is 0.327 e. The zero-order chi connectivity index (χ0) is 22.7. The number of hydrogen-bond acceptors (Lipinski definition) is 6. The van der Waals surface area contributed by atoms with Crippen LogP contribution in [0.1, 0.15) is 110 Å². The number of esters is 2. The van der Waals surface area contributed by atoms with Crippen LogP contribution in [0, 0.1) is 0 Å². The van der Waals surface area contributed by atoms with E-state index in [0.29, 0.717) is 12.8 Å². The summed E-state index contributed by atoms with van der Waals surface area (Å²) in [5.74, 6) is -1.92. The summed E-state index contributed by atoms with van der Waals surface area (Å²) in [6.07, 6.45) is 14.0. The molecule has 1 N–H and O–H groups in total. The Morgan fingerprint density at radius 1 is 0.700 bits per heavy atom. The molecule has 0 spiro atoms. The quantitative estimate of drug-likeness (QED) is 0.154. The molecule has 0 amide bonds. The minimum atomic E-state index is -4.74. The van der Waals surface area contributed by atoms with Gasteiger partial charge in [-0.15, -0.1) is 0 Å². The van der Waals surface area contributed by atoms with Gasteiger partial charge in [0.25, 0.3) is 10.1 Å². The number of rotatable bonds is 20. The molecule has 178 valence electrons. The van der Waals surface area contributed by atoms with Crippen molar-refractivity contribution in [2.75, 3.05) is 13.2 Å². The molecule has 0 rings (SSSR count). The Balaban J connectivity index is 4.08. The number of carbonyl (C=O) groups is 2. The van der Waals surface area contributed by atoms with E-state index in [1.165, 1.54) is 38.5 Å². The van der Waals surface area contributed by atoms with Crippen LogP contribution in [0.15, 0.2) is 0 Å². The molecule has 0 aromatic heterocycles. The highest BCUT2D eigenvalue weighted by molar-refractivity contribution is 7.87. The highest BCUT2D eigenvalue weighted by atomic mass is 32.2. The maximum absolute atomic E-state index is 12.0. The van der Waals surface area contributed by atoms with Crippen molar-refractivity contribution >= 4 is 22.1 Å². The molecule has 1 unspecified atom stereocenters. The number of hydrogen-bond donors (Lipinski definition) is 1. The van der Waals surface area contributed by atoms with E-state index in [0.717, 1.165) is 38.5 Å². The molecule has 0 aliphatic carbocycles. The molecule has 7 nitrogen and oxygen atoms in total. The van der Waals surface area contributed by atoms with Crippen molar-refractivity contribution in [3.8, 4) is 0 Å². The van der Waals surface area contributed by atoms with Gasteiger partial charge in [-0.1, -0.05) is 90.9 Å². The van der Waals surface area contributed by atoms with Crippen molar-refractivity contribution in [3.05, 3.63) is 0 Å². The molecule has 0 fully saturated rings. The Bertz CT molecular complexity index is 546. The Morgan fingerprint density at radius 3 is 1.53 bits per heavy atom. The van der Waals surface area contributed by atoms with Crippen molar-refractivity contribution in [2.45, 2.75) is 115 Å². The van der Waals surface area contributed by atoms with Gasteiger partial charge < -0.3 is 9.47 Å². The first-order valence-corrected chi connectivity index (χ1v) is 13.1. The van der Waals surface area contributed by atoms with Gasteiger partial charge >= 0.3 is 11.9 Å². The first-order valence-electron chi connectivity index (χ1n) is 11.6. The third-order valence-electron chi connectivity index (χ3n) is 4.98. The van der Waals surface area contributed by atoms with Crippen molar-refractivity contribution < 1.29 is 32.0 Å². The molecule has 0 radical (unpaired) electrons. The number of ether oxygens (including phenoxy) is 2. The molecule has 0 aromatic carbocycles. The van der Waals surface area contributed by atoms with E-state index in [9.17, 15) is 22.6 Å². The summed E-state index contributed by atoms with van der Waals surface area (Å²) in [6.45, 7) is 4.56. The monoisotopic (exact) mass is 450 g/mol. The fourth-order valence-electron chi connectivity index (χ4n) is 3.09. The summed E-state index contributed by atoms with van der Waals surface area (Å²) >= 11 is 0. The largest absolute Gasteiger partial charge is 0.466 e. The third-order valence-corrected chi connectivity index (χ3v) is 6.06. The van der Waals surface area contributed by atoms with Gasteiger partial charge in [0.1, 0.15) is 0 Å². The van der Waals surface area contributed by atoms with Crippen LogP contribution < -0.4 is 0 Å². The lowest BCUT2D eigenvalue weighted by molar-refractivity contribution is -0.150. The Hall–Kier alpha value is -1.15. The second kappa shape index (κ2) is 18.6. The third kappa shape index (κ3) is 16.6. The van der Waals surface area contributed by atoms with Gasteiger partial charge in [0, 0.05) is 0 Å². The number of unbranched alkanes of at least 4 members (excludes halogenated alkanes) is 12. The standard InChI is InChI=1S/C22H42O7S/c1-3-5-7-9-11-13-15-17-28-21(23)19-20(30(25,26)27)22(24)29-18-16-14-12-10-8-6-4-2/h20H,3-19H2,1-2H3,(H,25,26,27). The highest BCUT2D eigenvalue weighted by Gasteiger charge is 2.35. The van der Waals surface area contributed by atoms with Crippen LogP contribution >= 0.6 is 0 Å². The molecule has 0 aliphatic rings. The summed E-state index contributed by atoms with van der Waals surface area (Å²) < 4.78 is 42.3. The molecule has 0 saturated heterocycles. The maximum atomic E-state index is 12.0. The zero-order valence-corrected chi connectivity index (χ0v) is 19.7. The molecular weight excluding hydrogens is 408 g/mol. The summed E-state index contributed by atoms with van der Waals surface area (Å²) in [5, 5.41) is -1.93. The van der Waals surface area contributed by atoms with Crippen LogP contribution in [0.4, 0.5) is 0 Å². The lowest BCUT2D eigenvalue weighted by Gasteiger charge is -2.13. The average Bonchev–Trinajstić information content (AvgIpc) is 2.69. The zero-order valence-electron chi connectivity index (χ0n) is 18.9. The molecular formula is C22H42O7S. The topological polar surface area (TPSA) is 107 Å². The lowest BCUT2D eigenvalue weighted by atomic mass is 10.1. The average molecular weight is 451 g/mol. The van der Waals surface area contributed by atoms with Crippen molar-refractivity contribution in [3.63, 3.8) is 0 Å². The van der Waals surface area contributed by atoms with Gasteiger partial charge in [0.2, 0.25) is 0 Å². The molecule has 0 saturated carbocycles. The van der Waals surface area contributed by atoms with Crippen molar-refractivity contribution in [2.24, 2.45) is 0 Å².